The van der Waals surface area contributed by atoms with Gasteiger partial charge in [-0.05, 0) is 12.1 Å². The van der Waals surface area contributed by atoms with Crippen LogP contribution < -0.4 is 15.4 Å². The van der Waals surface area contributed by atoms with Crippen molar-refractivity contribution in [3.05, 3.63) is 46.6 Å². The van der Waals surface area contributed by atoms with Crippen LogP contribution in [0.15, 0.2) is 35.5 Å². The molecule has 1 aliphatic rings. The molecular formula is C17H20N6O2. The highest BCUT2D eigenvalue weighted by Gasteiger charge is 2.24. The molecule has 2 aromatic heterocycles. The number of hydrogen-bond acceptors (Lipinski definition) is 7. The van der Waals surface area contributed by atoms with Gasteiger partial charge in [0.15, 0.2) is 5.82 Å². The fourth-order valence-electron chi connectivity index (χ4n) is 2.82. The van der Waals surface area contributed by atoms with E-state index in [9.17, 15) is 4.79 Å². The van der Waals surface area contributed by atoms with Gasteiger partial charge in [-0.1, -0.05) is 0 Å². The predicted octanol–water partition coefficient (Wildman–Crippen LogP) is 0.389. The molecule has 130 valence electrons. The number of likely N-dealkylation sites (N-methyl/N-ethyl adjacent to an activating group) is 1. The third-order valence-electron chi connectivity index (χ3n) is 4.18. The molecule has 2 aromatic rings. The smallest absolute Gasteiger partial charge is 0.293 e. The van der Waals surface area contributed by atoms with E-state index in [1.807, 2.05) is 18.0 Å². The van der Waals surface area contributed by atoms with E-state index in [1.165, 1.54) is 4.57 Å². The second-order valence-corrected chi connectivity index (χ2v) is 6.00. The van der Waals surface area contributed by atoms with E-state index >= 15 is 0 Å². The van der Waals surface area contributed by atoms with Crippen LogP contribution in [0.4, 0.5) is 11.6 Å². The van der Waals surface area contributed by atoms with Gasteiger partial charge in [-0.15, -0.1) is 0 Å². The van der Waals surface area contributed by atoms with E-state index in [2.05, 4.69) is 20.9 Å². The fourth-order valence-corrected chi connectivity index (χ4v) is 2.82. The molecule has 0 spiro atoms. The Morgan fingerprint density at radius 1 is 1.44 bits per heavy atom. The lowest BCUT2D eigenvalue weighted by atomic mass is 10.2. The summed E-state index contributed by atoms with van der Waals surface area (Å²) in [5, 5.41) is 8.87. The summed E-state index contributed by atoms with van der Waals surface area (Å²) in [6.07, 6.45) is 4.75. The van der Waals surface area contributed by atoms with E-state index < -0.39 is 0 Å². The maximum Gasteiger partial charge on any atom is 0.293 e. The molecule has 0 amide bonds. The Morgan fingerprint density at radius 3 is 3.00 bits per heavy atom. The van der Waals surface area contributed by atoms with Crippen LogP contribution in [0, 0.1) is 11.3 Å². The van der Waals surface area contributed by atoms with Crippen LogP contribution in [0.1, 0.15) is 5.56 Å². The number of nitrogens with zero attached hydrogens (tertiary/aromatic N) is 6. The second kappa shape index (κ2) is 7.32. The normalized spacial score (nSPS) is 17.2. The highest BCUT2D eigenvalue weighted by molar-refractivity contribution is 5.42. The van der Waals surface area contributed by atoms with Crippen molar-refractivity contribution in [1.29, 1.82) is 5.26 Å². The van der Waals surface area contributed by atoms with Crippen LogP contribution in [-0.2, 0) is 11.8 Å². The van der Waals surface area contributed by atoms with E-state index in [0.29, 0.717) is 31.1 Å². The van der Waals surface area contributed by atoms with Crippen LogP contribution in [0.5, 0.6) is 0 Å². The Labute approximate surface area is 145 Å². The first-order chi connectivity index (χ1) is 12.1. The zero-order valence-corrected chi connectivity index (χ0v) is 14.3. The number of anilines is 2. The van der Waals surface area contributed by atoms with Gasteiger partial charge in [-0.25, -0.2) is 9.97 Å². The molecule has 8 nitrogen and oxygen atoms in total. The van der Waals surface area contributed by atoms with Crippen LogP contribution in [0.25, 0.3) is 0 Å². The number of rotatable bonds is 4. The van der Waals surface area contributed by atoms with E-state index in [0.717, 1.165) is 12.4 Å². The molecule has 8 heteroatoms. The molecule has 0 radical (unpaired) electrons. The third kappa shape index (κ3) is 3.78. The van der Waals surface area contributed by atoms with Crippen LogP contribution in [0.3, 0.4) is 0 Å². The number of nitriles is 1. The minimum absolute atomic E-state index is 0.0668. The van der Waals surface area contributed by atoms with Crippen molar-refractivity contribution in [2.24, 2.45) is 7.05 Å². The van der Waals surface area contributed by atoms with Gasteiger partial charge in [0, 0.05) is 52.3 Å². The highest BCUT2D eigenvalue weighted by Crippen LogP contribution is 2.16. The van der Waals surface area contributed by atoms with Gasteiger partial charge in [0.1, 0.15) is 11.9 Å². The Hall–Kier alpha value is -2.92. The quantitative estimate of drug-likeness (QED) is 0.795. The monoisotopic (exact) mass is 340 g/mol. The summed E-state index contributed by atoms with van der Waals surface area (Å²) in [7, 11) is 3.54. The molecule has 1 atom stereocenters. The third-order valence-corrected chi connectivity index (χ3v) is 4.18. The molecule has 0 N–H and O–H groups in total. The fraction of sp³-hybridized carbons (Fsp3) is 0.412. The minimum atomic E-state index is -0.133. The Morgan fingerprint density at radius 2 is 2.28 bits per heavy atom. The first-order valence-corrected chi connectivity index (χ1v) is 8.04. The zero-order valence-electron chi connectivity index (χ0n) is 14.3. The van der Waals surface area contributed by atoms with Crippen LogP contribution in [-0.4, -0.2) is 53.9 Å². The summed E-state index contributed by atoms with van der Waals surface area (Å²) in [4.78, 5) is 24.6. The van der Waals surface area contributed by atoms with Crippen molar-refractivity contribution in [3.8, 4) is 6.07 Å². The van der Waals surface area contributed by atoms with Crippen molar-refractivity contribution in [3.63, 3.8) is 0 Å². The van der Waals surface area contributed by atoms with Crippen molar-refractivity contribution in [1.82, 2.24) is 14.5 Å². The van der Waals surface area contributed by atoms with Gasteiger partial charge in [0.25, 0.3) is 5.56 Å². The van der Waals surface area contributed by atoms with E-state index in [-0.39, 0.29) is 11.7 Å². The molecule has 0 bridgehead atoms. The van der Waals surface area contributed by atoms with Gasteiger partial charge < -0.3 is 19.1 Å². The lowest BCUT2D eigenvalue weighted by Crippen LogP contribution is -2.48. The van der Waals surface area contributed by atoms with E-state index in [4.69, 9.17) is 10.00 Å². The molecule has 0 aromatic carbocycles. The number of morpholine rings is 1. The highest BCUT2D eigenvalue weighted by atomic mass is 16.5. The molecule has 0 aliphatic carbocycles. The van der Waals surface area contributed by atoms with Crippen molar-refractivity contribution in [2.75, 3.05) is 43.1 Å². The standard InChI is InChI=1S/C17H20N6O2/c1-21-6-5-19-16(17(21)24)22(2)11-14-12-23(7-8-25-14)15-4-3-13(9-18)10-20-15/h3-6,10,14H,7-8,11-12H2,1-2H3. The second-order valence-electron chi connectivity index (χ2n) is 6.00. The first kappa shape index (κ1) is 16.9. The summed E-state index contributed by atoms with van der Waals surface area (Å²) >= 11 is 0. The molecule has 0 saturated carbocycles. The lowest BCUT2D eigenvalue weighted by molar-refractivity contribution is 0.0455. The van der Waals surface area contributed by atoms with Gasteiger partial charge in [-0.2, -0.15) is 5.26 Å². The van der Waals surface area contributed by atoms with Gasteiger partial charge in [0.2, 0.25) is 0 Å². The Bertz CT molecular complexity index is 826. The number of ether oxygens (including phenoxy) is 1. The summed E-state index contributed by atoms with van der Waals surface area (Å²) in [6.45, 7) is 2.54. The number of aryl methyl sites for hydroxylation is 1. The summed E-state index contributed by atoms with van der Waals surface area (Å²) < 4.78 is 7.34. The molecule has 1 saturated heterocycles. The maximum absolute atomic E-state index is 12.2. The topological polar surface area (TPSA) is 87.3 Å². The number of aromatic nitrogens is 3. The molecule has 25 heavy (non-hydrogen) atoms. The minimum Gasteiger partial charge on any atom is -0.373 e. The Kier molecular flexibility index (Phi) is 4.95. The first-order valence-electron chi connectivity index (χ1n) is 8.04. The molecule has 3 rings (SSSR count). The summed E-state index contributed by atoms with van der Waals surface area (Å²) in [6, 6.07) is 5.68. The van der Waals surface area contributed by atoms with E-state index in [1.54, 1.807) is 31.7 Å². The van der Waals surface area contributed by atoms with Gasteiger partial charge >= 0.3 is 0 Å². The molecular weight excluding hydrogens is 320 g/mol. The maximum atomic E-state index is 12.2. The van der Waals surface area contributed by atoms with Gasteiger partial charge in [0.05, 0.1) is 18.3 Å². The summed E-state index contributed by atoms with van der Waals surface area (Å²) in [5.74, 6) is 1.23. The van der Waals surface area contributed by atoms with Crippen LogP contribution in [0.2, 0.25) is 0 Å². The molecule has 3 heterocycles. The summed E-state index contributed by atoms with van der Waals surface area (Å²) in [5.41, 5.74) is 0.408. The number of hydrogen-bond donors (Lipinski definition) is 0. The predicted molar refractivity (Wildman–Crippen MR) is 93.7 cm³/mol. The van der Waals surface area contributed by atoms with Crippen molar-refractivity contribution < 1.29 is 4.74 Å². The average Bonchev–Trinajstić information content (AvgIpc) is 2.64. The largest absolute Gasteiger partial charge is 0.373 e. The number of pyridine rings is 1. The molecule has 1 aliphatic heterocycles. The molecule has 1 fully saturated rings. The Balaban J connectivity index is 1.68. The lowest BCUT2D eigenvalue weighted by Gasteiger charge is -2.35. The molecule has 1 unspecified atom stereocenters. The van der Waals surface area contributed by atoms with Crippen LogP contribution >= 0.6 is 0 Å². The zero-order chi connectivity index (χ0) is 17.8. The average molecular weight is 340 g/mol. The van der Waals surface area contributed by atoms with Crippen molar-refractivity contribution in [2.45, 2.75) is 6.10 Å². The van der Waals surface area contributed by atoms with Crippen molar-refractivity contribution >= 4 is 11.6 Å². The SMILES string of the molecule is CN(CC1CN(c2ccc(C#N)cn2)CCO1)c1nccn(C)c1=O. The van der Waals surface area contributed by atoms with Gasteiger partial charge in [-0.3, -0.25) is 4.79 Å².